The van der Waals surface area contributed by atoms with E-state index in [-0.39, 0.29) is 0 Å². The van der Waals surface area contributed by atoms with Crippen LogP contribution in [0.4, 0.5) is 5.95 Å². The van der Waals surface area contributed by atoms with Crippen molar-refractivity contribution in [2.45, 2.75) is 25.8 Å². The van der Waals surface area contributed by atoms with Gasteiger partial charge in [-0.05, 0) is 32.4 Å². The maximum Gasteiger partial charge on any atom is 0.225 e. The normalized spacial score (nSPS) is 20.5. The largest absolute Gasteiger partial charge is 0.342 e. The summed E-state index contributed by atoms with van der Waals surface area (Å²) in [6, 6.07) is 2.52. The number of nitrogens with zero attached hydrogens (tertiary/aromatic N) is 3. The van der Waals surface area contributed by atoms with Crippen LogP contribution in [0.1, 0.15) is 18.5 Å². The highest BCUT2D eigenvalue weighted by Crippen LogP contribution is 2.10. The van der Waals surface area contributed by atoms with Crippen LogP contribution in [0, 0.1) is 6.92 Å². The molecular formula is C11H18N4. The van der Waals surface area contributed by atoms with E-state index in [4.69, 9.17) is 0 Å². The average Bonchev–Trinajstić information content (AvgIpc) is 2.70. The number of likely N-dealkylation sites (N-methyl/N-ethyl adjacent to an activating group) is 1. The van der Waals surface area contributed by atoms with Gasteiger partial charge in [0.05, 0.1) is 0 Å². The Morgan fingerprint density at radius 3 is 3.13 bits per heavy atom. The molecule has 0 radical (unpaired) electrons. The van der Waals surface area contributed by atoms with Crippen LogP contribution >= 0.6 is 0 Å². The minimum absolute atomic E-state index is 0.596. The van der Waals surface area contributed by atoms with Gasteiger partial charge >= 0.3 is 0 Å². The zero-order valence-electron chi connectivity index (χ0n) is 9.40. The van der Waals surface area contributed by atoms with E-state index in [0.717, 1.165) is 24.7 Å². The third kappa shape index (κ3) is 2.65. The van der Waals surface area contributed by atoms with Gasteiger partial charge in [-0.3, -0.25) is 0 Å². The van der Waals surface area contributed by atoms with E-state index < -0.39 is 0 Å². The Labute approximate surface area is 90.7 Å². The molecule has 0 aromatic carbocycles. The number of nitrogens with one attached hydrogen (secondary N) is 1. The topological polar surface area (TPSA) is 41.1 Å². The lowest BCUT2D eigenvalue weighted by molar-refractivity contribution is 0.594. The summed E-state index contributed by atoms with van der Waals surface area (Å²) in [5, 5.41) is 3.47. The van der Waals surface area contributed by atoms with Crippen LogP contribution in [0.2, 0.25) is 0 Å². The van der Waals surface area contributed by atoms with Gasteiger partial charge in [0.2, 0.25) is 5.95 Å². The molecule has 1 aliphatic rings. The second-order valence-electron chi connectivity index (χ2n) is 4.17. The van der Waals surface area contributed by atoms with Gasteiger partial charge in [0.1, 0.15) is 0 Å². The predicted molar refractivity (Wildman–Crippen MR) is 61.1 cm³/mol. The minimum Gasteiger partial charge on any atom is -0.342 e. The molecule has 82 valence electrons. The zero-order valence-corrected chi connectivity index (χ0v) is 9.40. The quantitative estimate of drug-likeness (QED) is 0.800. The number of rotatable bonds is 3. The lowest BCUT2D eigenvalue weighted by Crippen LogP contribution is -2.36. The van der Waals surface area contributed by atoms with Crippen LogP contribution in [-0.2, 0) is 0 Å². The summed E-state index contributed by atoms with van der Waals surface area (Å²) >= 11 is 0. The monoisotopic (exact) mass is 206 g/mol. The highest BCUT2D eigenvalue weighted by molar-refractivity contribution is 5.28. The molecule has 1 N–H and O–H groups in total. The molecule has 0 aliphatic carbocycles. The first-order chi connectivity index (χ1) is 7.25. The van der Waals surface area contributed by atoms with Crippen molar-refractivity contribution in [2.24, 2.45) is 0 Å². The molecule has 2 rings (SSSR count). The molecule has 4 heteroatoms. The summed E-state index contributed by atoms with van der Waals surface area (Å²) in [5.41, 5.74) is 1.02. The van der Waals surface area contributed by atoms with Crippen molar-refractivity contribution in [3.05, 3.63) is 18.0 Å². The number of aromatic nitrogens is 2. The summed E-state index contributed by atoms with van der Waals surface area (Å²) in [4.78, 5) is 10.8. The van der Waals surface area contributed by atoms with Crippen molar-refractivity contribution >= 4 is 5.95 Å². The van der Waals surface area contributed by atoms with Crippen molar-refractivity contribution < 1.29 is 0 Å². The average molecular weight is 206 g/mol. The second-order valence-corrected chi connectivity index (χ2v) is 4.17. The first-order valence-corrected chi connectivity index (χ1v) is 5.50. The Morgan fingerprint density at radius 2 is 2.47 bits per heavy atom. The fraction of sp³-hybridized carbons (Fsp3) is 0.636. The third-order valence-corrected chi connectivity index (χ3v) is 2.78. The van der Waals surface area contributed by atoms with Crippen LogP contribution < -0.4 is 10.2 Å². The number of anilines is 1. The Hall–Kier alpha value is -1.16. The van der Waals surface area contributed by atoms with Crippen molar-refractivity contribution in [1.29, 1.82) is 0 Å². The molecule has 1 atom stereocenters. The van der Waals surface area contributed by atoms with Crippen molar-refractivity contribution in [3.8, 4) is 0 Å². The molecule has 15 heavy (non-hydrogen) atoms. The summed E-state index contributed by atoms with van der Waals surface area (Å²) in [6.07, 6.45) is 4.36. The summed E-state index contributed by atoms with van der Waals surface area (Å²) in [6.45, 7) is 4.13. The molecular weight excluding hydrogens is 188 g/mol. The van der Waals surface area contributed by atoms with E-state index in [1.807, 2.05) is 19.2 Å². The summed E-state index contributed by atoms with van der Waals surface area (Å²) < 4.78 is 0. The molecule has 2 heterocycles. The van der Waals surface area contributed by atoms with E-state index in [9.17, 15) is 0 Å². The van der Waals surface area contributed by atoms with Gasteiger partial charge < -0.3 is 10.2 Å². The van der Waals surface area contributed by atoms with E-state index in [2.05, 4.69) is 27.2 Å². The lowest BCUT2D eigenvalue weighted by atomic mass is 10.2. The fourth-order valence-electron chi connectivity index (χ4n) is 1.94. The van der Waals surface area contributed by atoms with Crippen LogP contribution in [0.25, 0.3) is 0 Å². The molecule has 0 saturated carbocycles. The summed E-state index contributed by atoms with van der Waals surface area (Å²) in [5.74, 6) is 0.823. The number of hydrogen-bond acceptors (Lipinski definition) is 4. The highest BCUT2D eigenvalue weighted by atomic mass is 15.2. The Morgan fingerprint density at radius 1 is 1.60 bits per heavy atom. The smallest absolute Gasteiger partial charge is 0.225 e. The predicted octanol–water partition coefficient (Wildman–Crippen LogP) is 0.973. The molecule has 1 aliphatic heterocycles. The van der Waals surface area contributed by atoms with Crippen molar-refractivity contribution in [2.75, 3.05) is 25.0 Å². The fourth-order valence-corrected chi connectivity index (χ4v) is 1.94. The number of aryl methyl sites for hydroxylation is 1. The van der Waals surface area contributed by atoms with Gasteiger partial charge in [0.15, 0.2) is 0 Å². The van der Waals surface area contributed by atoms with Gasteiger partial charge in [-0.15, -0.1) is 0 Å². The SMILES string of the molecule is Cc1ccnc(N(C)C[C@H]2CCCN2)n1. The minimum atomic E-state index is 0.596. The summed E-state index contributed by atoms with van der Waals surface area (Å²) in [7, 11) is 2.05. The number of hydrogen-bond donors (Lipinski definition) is 1. The first-order valence-electron chi connectivity index (χ1n) is 5.50. The van der Waals surface area contributed by atoms with E-state index in [1.54, 1.807) is 0 Å². The molecule has 1 fully saturated rings. The van der Waals surface area contributed by atoms with Crippen molar-refractivity contribution in [1.82, 2.24) is 15.3 Å². The molecule has 4 nitrogen and oxygen atoms in total. The lowest BCUT2D eigenvalue weighted by Gasteiger charge is -2.21. The van der Waals surface area contributed by atoms with Crippen LogP contribution in [0.5, 0.6) is 0 Å². The van der Waals surface area contributed by atoms with Gasteiger partial charge in [-0.1, -0.05) is 0 Å². The van der Waals surface area contributed by atoms with Crippen LogP contribution in [0.15, 0.2) is 12.3 Å². The van der Waals surface area contributed by atoms with Crippen LogP contribution in [-0.4, -0.2) is 36.1 Å². The first kappa shape index (κ1) is 10.4. The maximum absolute atomic E-state index is 4.40. The molecule has 0 unspecified atom stereocenters. The van der Waals surface area contributed by atoms with Gasteiger partial charge in [0.25, 0.3) is 0 Å². The Kier molecular flexibility index (Phi) is 3.16. The van der Waals surface area contributed by atoms with E-state index in [0.29, 0.717) is 6.04 Å². The second kappa shape index (κ2) is 4.57. The van der Waals surface area contributed by atoms with Gasteiger partial charge in [0, 0.05) is 31.5 Å². The molecule has 0 amide bonds. The molecule has 0 bridgehead atoms. The van der Waals surface area contributed by atoms with Crippen LogP contribution in [0.3, 0.4) is 0 Å². The molecule has 1 aromatic rings. The Bertz CT molecular complexity index is 320. The van der Waals surface area contributed by atoms with Crippen molar-refractivity contribution in [3.63, 3.8) is 0 Å². The third-order valence-electron chi connectivity index (χ3n) is 2.78. The Balaban J connectivity index is 1.97. The molecule has 1 saturated heterocycles. The zero-order chi connectivity index (χ0) is 10.7. The maximum atomic E-state index is 4.40. The van der Waals surface area contributed by atoms with Gasteiger partial charge in [-0.25, -0.2) is 9.97 Å². The van der Waals surface area contributed by atoms with E-state index >= 15 is 0 Å². The van der Waals surface area contributed by atoms with Gasteiger partial charge in [-0.2, -0.15) is 0 Å². The standard InChI is InChI=1S/C11H18N4/c1-9-5-7-13-11(14-9)15(2)8-10-4-3-6-12-10/h5,7,10,12H,3-4,6,8H2,1-2H3/t10-/m1/s1. The molecule has 0 spiro atoms. The molecule has 1 aromatic heterocycles. The highest BCUT2D eigenvalue weighted by Gasteiger charge is 2.16. The van der Waals surface area contributed by atoms with E-state index in [1.165, 1.54) is 12.8 Å².